The zero-order valence-electron chi connectivity index (χ0n) is 22.2. The molecule has 219 valence electrons. The van der Waals surface area contributed by atoms with Crippen molar-refractivity contribution in [1.82, 2.24) is 0 Å². The summed E-state index contributed by atoms with van der Waals surface area (Å²) >= 11 is 0. The van der Waals surface area contributed by atoms with Crippen molar-refractivity contribution in [2.45, 2.75) is 14.7 Å². The highest BCUT2D eigenvalue weighted by Crippen LogP contribution is 2.24. The molecular formula is C30H24AlO9S3. The normalized spacial score (nSPS) is 11.5. The van der Waals surface area contributed by atoms with Crippen LogP contribution in [-0.2, 0) is 30.4 Å². The third kappa shape index (κ3) is 8.48. The zero-order valence-corrected chi connectivity index (χ0v) is 25.8. The maximum absolute atomic E-state index is 11.0. The maximum Gasteiger partial charge on any atom is 0.295 e. The first kappa shape index (κ1) is 33.9. The second-order valence-electron chi connectivity index (χ2n) is 8.86. The molecule has 0 heterocycles. The first-order chi connectivity index (χ1) is 19.8. The highest BCUT2D eigenvalue weighted by Gasteiger charge is 2.14. The van der Waals surface area contributed by atoms with Crippen molar-refractivity contribution in [3.63, 3.8) is 0 Å². The van der Waals surface area contributed by atoms with E-state index in [-0.39, 0.29) is 32.0 Å². The van der Waals surface area contributed by atoms with Crippen molar-refractivity contribution in [3.05, 3.63) is 127 Å². The van der Waals surface area contributed by atoms with Gasteiger partial charge in [0, 0.05) is 33.5 Å². The van der Waals surface area contributed by atoms with Crippen LogP contribution in [0, 0.1) is 0 Å². The Labute approximate surface area is 259 Å². The molecule has 0 amide bonds. The van der Waals surface area contributed by atoms with Gasteiger partial charge in [-0.25, -0.2) is 0 Å². The van der Waals surface area contributed by atoms with Gasteiger partial charge in [-0.05, 0) is 34.4 Å². The summed E-state index contributed by atoms with van der Waals surface area (Å²) in [6.45, 7) is 0. The Morgan fingerprint density at radius 1 is 0.326 bits per heavy atom. The van der Waals surface area contributed by atoms with E-state index >= 15 is 0 Å². The molecule has 43 heavy (non-hydrogen) atoms. The lowest BCUT2D eigenvalue weighted by molar-refractivity contribution is 0.482. The molecule has 0 aliphatic heterocycles. The van der Waals surface area contributed by atoms with Crippen LogP contribution in [0.15, 0.2) is 142 Å². The van der Waals surface area contributed by atoms with Gasteiger partial charge in [-0.15, -0.1) is 0 Å². The van der Waals surface area contributed by atoms with Gasteiger partial charge in [-0.3, -0.25) is 13.7 Å². The van der Waals surface area contributed by atoms with Gasteiger partial charge >= 0.3 is 0 Å². The summed E-state index contributed by atoms with van der Waals surface area (Å²) in [6.07, 6.45) is 0. The summed E-state index contributed by atoms with van der Waals surface area (Å²) in [6, 6.07) is 35.4. The molecule has 0 saturated carbocycles. The van der Waals surface area contributed by atoms with Gasteiger partial charge in [0.05, 0.1) is 0 Å². The minimum atomic E-state index is -4.13. The van der Waals surface area contributed by atoms with E-state index in [4.69, 9.17) is 13.7 Å². The standard InChI is InChI=1S/3C10H8O3S.Al/c3*11-14(12,13)10-7-3-5-8-4-1-2-6-9(8)10;/h3*1-7H,(H,11,12,13);. The lowest BCUT2D eigenvalue weighted by Gasteiger charge is -2.02. The number of fused-ring (bicyclic) bond motifs is 3. The Bertz CT molecular complexity index is 1960. The summed E-state index contributed by atoms with van der Waals surface area (Å²) in [5.74, 6) is 0. The summed E-state index contributed by atoms with van der Waals surface area (Å²) < 4.78 is 92.9. The third-order valence-electron chi connectivity index (χ3n) is 6.08. The molecule has 0 atom stereocenters. The molecule has 6 aromatic carbocycles. The van der Waals surface area contributed by atoms with Gasteiger partial charge in [0.2, 0.25) is 0 Å². The molecule has 6 rings (SSSR count). The second kappa shape index (κ2) is 13.8. The first-order valence-electron chi connectivity index (χ1n) is 12.1. The summed E-state index contributed by atoms with van der Waals surface area (Å²) in [7, 11) is -12.4. The van der Waals surface area contributed by atoms with E-state index in [1.54, 1.807) is 91.0 Å². The Balaban J connectivity index is 0.000000175. The van der Waals surface area contributed by atoms with Crippen molar-refractivity contribution in [2.75, 3.05) is 0 Å². The summed E-state index contributed by atoms with van der Waals surface area (Å²) in [5.41, 5.74) is 0. The molecule has 0 aromatic heterocycles. The SMILES string of the molecule is O=S(=O)(O)c1cccc2ccccc12.O=S(=O)(O)c1cccc2ccccc12.O=S(=O)(O)c1cccc2ccccc12.[Al]. The Morgan fingerprint density at radius 3 is 0.767 bits per heavy atom. The number of rotatable bonds is 3. The van der Waals surface area contributed by atoms with Crippen LogP contribution in [0.2, 0.25) is 0 Å². The van der Waals surface area contributed by atoms with E-state index in [0.29, 0.717) is 16.2 Å². The van der Waals surface area contributed by atoms with Crippen LogP contribution in [0.3, 0.4) is 0 Å². The lowest BCUT2D eigenvalue weighted by Crippen LogP contribution is -1.98. The van der Waals surface area contributed by atoms with Crippen molar-refractivity contribution in [3.8, 4) is 0 Å². The average molecular weight is 652 g/mol. The topological polar surface area (TPSA) is 163 Å². The van der Waals surface area contributed by atoms with Crippen LogP contribution in [0.4, 0.5) is 0 Å². The summed E-state index contributed by atoms with van der Waals surface area (Å²) in [4.78, 5) is -0.137. The van der Waals surface area contributed by atoms with Gasteiger partial charge in [0.15, 0.2) is 0 Å². The summed E-state index contributed by atoms with van der Waals surface area (Å²) in [5, 5.41) is 4.00. The van der Waals surface area contributed by atoms with Crippen molar-refractivity contribution in [1.29, 1.82) is 0 Å². The number of hydrogen-bond donors (Lipinski definition) is 3. The predicted octanol–water partition coefficient (Wildman–Crippen LogP) is 5.88. The van der Waals surface area contributed by atoms with E-state index in [1.807, 2.05) is 18.2 Å². The van der Waals surface area contributed by atoms with Gasteiger partial charge in [-0.2, -0.15) is 25.3 Å². The molecule has 0 unspecified atom stereocenters. The number of hydrogen-bond acceptors (Lipinski definition) is 6. The molecule has 0 aliphatic carbocycles. The van der Waals surface area contributed by atoms with Gasteiger partial charge in [0.25, 0.3) is 30.4 Å². The molecular weight excluding hydrogens is 628 g/mol. The van der Waals surface area contributed by atoms with E-state index in [0.717, 1.165) is 16.2 Å². The molecule has 6 aromatic rings. The Morgan fingerprint density at radius 2 is 0.535 bits per heavy atom. The van der Waals surface area contributed by atoms with Crippen LogP contribution in [0.5, 0.6) is 0 Å². The molecule has 0 spiro atoms. The fourth-order valence-electron chi connectivity index (χ4n) is 4.26. The second-order valence-corrected chi connectivity index (χ2v) is 13.0. The Hall–Kier alpha value is -3.64. The monoisotopic (exact) mass is 651 g/mol. The highest BCUT2D eigenvalue weighted by molar-refractivity contribution is 7.86. The number of benzene rings is 6. The molecule has 13 heteroatoms. The van der Waals surface area contributed by atoms with Crippen LogP contribution < -0.4 is 0 Å². The van der Waals surface area contributed by atoms with Crippen molar-refractivity contribution < 1.29 is 38.9 Å². The fourth-order valence-corrected chi connectivity index (χ4v) is 6.40. The molecule has 0 fully saturated rings. The largest absolute Gasteiger partial charge is 0.295 e. The Kier molecular flexibility index (Phi) is 10.8. The molecule has 9 nitrogen and oxygen atoms in total. The molecule has 0 bridgehead atoms. The van der Waals surface area contributed by atoms with E-state index in [9.17, 15) is 25.3 Å². The van der Waals surface area contributed by atoms with Crippen LogP contribution in [0.1, 0.15) is 0 Å². The highest BCUT2D eigenvalue weighted by atomic mass is 32.2. The van der Waals surface area contributed by atoms with Crippen molar-refractivity contribution in [2.24, 2.45) is 0 Å². The van der Waals surface area contributed by atoms with E-state index < -0.39 is 30.4 Å². The van der Waals surface area contributed by atoms with E-state index in [1.165, 1.54) is 18.2 Å². The average Bonchev–Trinajstić information content (AvgIpc) is 2.95. The van der Waals surface area contributed by atoms with Crippen LogP contribution >= 0.6 is 0 Å². The zero-order chi connectivity index (χ0) is 30.5. The first-order valence-corrected chi connectivity index (χ1v) is 16.4. The minimum absolute atomic E-state index is 0. The van der Waals surface area contributed by atoms with Crippen LogP contribution in [-0.4, -0.2) is 56.3 Å². The van der Waals surface area contributed by atoms with Gasteiger partial charge < -0.3 is 0 Å². The predicted molar refractivity (Wildman–Crippen MR) is 167 cm³/mol. The molecule has 0 saturated heterocycles. The van der Waals surface area contributed by atoms with Crippen molar-refractivity contribution >= 4 is 80.0 Å². The van der Waals surface area contributed by atoms with Crippen LogP contribution in [0.25, 0.3) is 32.3 Å². The minimum Gasteiger partial charge on any atom is -0.282 e. The molecule has 3 radical (unpaired) electrons. The smallest absolute Gasteiger partial charge is 0.282 e. The molecule has 3 N–H and O–H groups in total. The third-order valence-corrected chi connectivity index (χ3v) is 8.82. The van der Waals surface area contributed by atoms with Gasteiger partial charge in [-0.1, -0.05) is 109 Å². The van der Waals surface area contributed by atoms with E-state index in [2.05, 4.69) is 0 Å². The quantitative estimate of drug-likeness (QED) is 0.157. The fraction of sp³-hybridized carbons (Fsp3) is 0. The molecule has 0 aliphatic rings. The van der Waals surface area contributed by atoms with Gasteiger partial charge in [0.1, 0.15) is 14.7 Å². The lowest BCUT2D eigenvalue weighted by atomic mass is 10.1. The maximum atomic E-state index is 11.0.